The van der Waals surface area contributed by atoms with Crippen molar-refractivity contribution in [2.75, 3.05) is 27.3 Å². The molecule has 4 rings (SSSR count). The number of rotatable bonds is 5. The van der Waals surface area contributed by atoms with Gasteiger partial charge in [0, 0.05) is 5.69 Å². The lowest BCUT2D eigenvalue weighted by Gasteiger charge is -2.30. The number of aromatic nitrogens is 2. The highest BCUT2D eigenvalue weighted by Crippen LogP contribution is 2.26. The largest absolute Gasteiger partial charge is 0.497 e. The van der Waals surface area contributed by atoms with Crippen molar-refractivity contribution in [3.63, 3.8) is 0 Å². The van der Waals surface area contributed by atoms with Crippen LogP contribution in [0.15, 0.2) is 48.5 Å². The molecule has 1 aliphatic rings. The molecular formula is C22H25N3O3. The number of methoxy groups -OCH3 is 2. The molecule has 0 aliphatic carbocycles. The van der Waals surface area contributed by atoms with Gasteiger partial charge in [0.25, 0.3) is 0 Å². The summed E-state index contributed by atoms with van der Waals surface area (Å²) >= 11 is 0. The Hall–Kier alpha value is -2.86. The third kappa shape index (κ3) is 3.60. The summed E-state index contributed by atoms with van der Waals surface area (Å²) in [5, 5.41) is 0. The quantitative estimate of drug-likeness (QED) is 0.636. The first kappa shape index (κ1) is 18.5. The monoisotopic (exact) mass is 379 g/mol. The number of carbonyl (C=O) groups excluding carboxylic acids is 1. The zero-order valence-corrected chi connectivity index (χ0v) is 16.3. The summed E-state index contributed by atoms with van der Waals surface area (Å²) in [6, 6.07) is 16.2. The van der Waals surface area contributed by atoms with Crippen LogP contribution in [0.5, 0.6) is 5.75 Å². The van der Waals surface area contributed by atoms with Crippen LogP contribution in [0.2, 0.25) is 0 Å². The van der Waals surface area contributed by atoms with Crippen molar-refractivity contribution >= 4 is 17.0 Å². The number of esters is 1. The highest BCUT2D eigenvalue weighted by atomic mass is 16.5. The molecule has 146 valence electrons. The highest BCUT2D eigenvalue weighted by Gasteiger charge is 2.26. The van der Waals surface area contributed by atoms with Crippen LogP contribution >= 0.6 is 0 Å². The second-order valence-corrected chi connectivity index (χ2v) is 7.12. The van der Waals surface area contributed by atoms with E-state index >= 15 is 0 Å². The summed E-state index contributed by atoms with van der Waals surface area (Å²) < 4.78 is 12.4. The molecule has 6 heteroatoms. The van der Waals surface area contributed by atoms with Crippen molar-refractivity contribution in [2.24, 2.45) is 5.92 Å². The molecule has 0 spiro atoms. The van der Waals surface area contributed by atoms with E-state index in [0.29, 0.717) is 0 Å². The van der Waals surface area contributed by atoms with Crippen LogP contribution in [0, 0.1) is 5.92 Å². The number of nitrogens with zero attached hydrogens (tertiary/aromatic N) is 3. The predicted octanol–water partition coefficient (Wildman–Crippen LogP) is 3.42. The average Bonchev–Trinajstić information content (AvgIpc) is 3.11. The van der Waals surface area contributed by atoms with Gasteiger partial charge in [0.1, 0.15) is 11.6 Å². The fourth-order valence-corrected chi connectivity index (χ4v) is 3.89. The molecule has 0 bridgehead atoms. The minimum absolute atomic E-state index is 0.0154. The third-order valence-electron chi connectivity index (χ3n) is 5.45. The highest BCUT2D eigenvalue weighted by molar-refractivity contribution is 5.78. The maximum absolute atomic E-state index is 11.8. The second-order valence-electron chi connectivity index (χ2n) is 7.12. The van der Waals surface area contributed by atoms with Crippen molar-refractivity contribution in [3.8, 4) is 11.4 Å². The molecule has 2 aromatic carbocycles. The van der Waals surface area contributed by atoms with E-state index in [1.54, 1.807) is 7.11 Å². The number of likely N-dealkylation sites (tertiary alicyclic amines) is 1. The van der Waals surface area contributed by atoms with Crippen molar-refractivity contribution in [1.82, 2.24) is 14.5 Å². The molecule has 0 radical (unpaired) electrons. The van der Waals surface area contributed by atoms with Crippen molar-refractivity contribution in [3.05, 3.63) is 54.4 Å². The van der Waals surface area contributed by atoms with Crippen LogP contribution in [0.4, 0.5) is 0 Å². The van der Waals surface area contributed by atoms with E-state index in [0.717, 1.165) is 60.8 Å². The Bertz CT molecular complexity index is 957. The lowest BCUT2D eigenvalue weighted by Crippen LogP contribution is -2.36. The molecule has 0 saturated carbocycles. The van der Waals surface area contributed by atoms with E-state index in [2.05, 4.69) is 27.7 Å². The van der Waals surface area contributed by atoms with Gasteiger partial charge in [-0.3, -0.25) is 14.3 Å². The van der Waals surface area contributed by atoms with Crippen molar-refractivity contribution < 1.29 is 14.3 Å². The summed E-state index contributed by atoms with van der Waals surface area (Å²) in [6.45, 7) is 2.48. The van der Waals surface area contributed by atoms with Crippen LogP contribution < -0.4 is 4.74 Å². The first-order valence-electron chi connectivity index (χ1n) is 9.60. The maximum atomic E-state index is 11.8. The first-order valence-corrected chi connectivity index (χ1v) is 9.60. The van der Waals surface area contributed by atoms with E-state index in [1.165, 1.54) is 7.11 Å². The first-order chi connectivity index (χ1) is 13.7. The molecule has 1 saturated heterocycles. The Balaban J connectivity index is 1.61. The van der Waals surface area contributed by atoms with Gasteiger partial charge in [-0.25, -0.2) is 4.98 Å². The lowest BCUT2D eigenvalue weighted by molar-refractivity contribution is -0.147. The molecule has 0 amide bonds. The zero-order chi connectivity index (χ0) is 19.5. The SMILES string of the molecule is COC(=O)C1CCN(Cc2nc3ccccc3n2-c2ccc(OC)cc2)CC1. The summed E-state index contributed by atoms with van der Waals surface area (Å²) in [5.74, 6) is 1.76. The smallest absolute Gasteiger partial charge is 0.308 e. The molecule has 0 N–H and O–H groups in total. The second kappa shape index (κ2) is 8.02. The van der Waals surface area contributed by atoms with Gasteiger partial charge in [-0.1, -0.05) is 12.1 Å². The summed E-state index contributed by atoms with van der Waals surface area (Å²) in [6.07, 6.45) is 1.66. The number of hydrogen-bond acceptors (Lipinski definition) is 5. The van der Waals surface area contributed by atoms with Crippen LogP contribution in [0.3, 0.4) is 0 Å². The Labute approximate surface area is 164 Å². The molecule has 28 heavy (non-hydrogen) atoms. The standard InChI is InChI=1S/C22H25N3O3/c1-27-18-9-7-17(8-10-18)25-20-6-4-3-5-19(20)23-21(25)15-24-13-11-16(12-14-24)22(26)28-2/h3-10,16H,11-15H2,1-2H3. The number of carbonyl (C=O) groups is 1. The topological polar surface area (TPSA) is 56.6 Å². The van der Waals surface area contributed by atoms with E-state index < -0.39 is 0 Å². The minimum atomic E-state index is -0.0925. The Morgan fingerprint density at radius 2 is 1.79 bits per heavy atom. The van der Waals surface area contributed by atoms with Gasteiger partial charge in [-0.2, -0.15) is 0 Å². The Kier molecular flexibility index (Phi) is 5.30. The molecule has 1 fully saturated rings. The van der Waals surface area contributed by atoms with E-state index in [9.17, 15) is 4.79 Å². The zero-order valence-electron chi connectivity index (χ0n) is 16.3. The molecule has 0 unspecified atom stereocenters. The Morgan fingerprint density at radius 3 is 2.46 bits per heavy atom. The predicted molar refractivity (Wildman–Crippen MR) is 108 cm³/mol. The van der Waals surface area contributed by atoms with Gasteiger partial charge in [-0.05, 0) is 62.3 Å². The number of piperidine rings is 1. The van der Waals surface area contributed by atoms with E-state index in [1.807, 2.05) is 30.3 Å². The molecule has 1 aliphatic heterocycles. The Morgan fingerprint density at radius 1 is 1.07 bits per heavy atom. The minimum Gasteiger partial charge on any atom is -0.497 e. The van der Waals surface area contributed by atoms with Gasteiger partial charge in [0.15, 0.2) is 0 Å². The molecule has 1 aromatic heterocycles. The molecule has 3 aromatic rings. The number of fused-ring (bicyclic) bond motifs is 1. The van der Waals surface area contributed by atoms with Gasteiger partial charge in [0.05, 0.1) is 37.7 Å². The average molecular weight is 379 g/mol. The molecule has 0 atom stereocenters. The lowest BCUT2D eigenvalue weighted by atomic mass is 9.97. The van der Waals surface area contributed by atoms with Gasteiger partial charge in [-0.15, -0.1) is 0 Å². The van der Waals surface area contributed by atoms with Gasteiger partial charge in [0.2, 0.25) is 0 Å². The summed E-state index contributed by atoms with van der Waals surface area (Å²) in [4.78, 5) is 19.0. The van der Waals surface area contributed by atoms with E-state index in [-0.39, 0.29) is 11.9 Å². The fraction of sp³-hybridized carbons (Fsp3) is 0.364. The van der Waals surface area contributed by atoms with Crippen LogP contribution in [0.1, 0.15) is 18.7 Å². The van der Waals surface area contributed by atoms with E-state index in [4.69, 9.17) is 14.5 Å². The number of benzene rings is 2. The summed E-state index contributed by atoms with van der Waals surface area (Å²) in [7, 11) is 3.14. The number of para-hydroxylation sites is 2. The number of imidazole rings is 1. The summed E-state index contributed by atoms with van der Waals surface area (Å²) in [5.41, 5.74) is 3.14. The normalized spacial score (nSPS) is 15.6. The van der Waals surface area contributed by atoms with Crippen LogP contribution in [0.25, 0.3) is 16.7 Å². The third-order valence-corrected chi connectivity index (χ3v) is 5.45. The van der Waals surface area contributed by atoms with Crippen LogP contribution in [-0.4, -0.2) is 47.7 Å². The maximum Gasteiger partial charge on any atom is 0.308 e. The van der Waals surface area contributed by atoms with Crippen LogP contribution in [-0.2, 0) is 16.1 Å². The number of ether oxygens (including phenoxy) is 2. The van der Waals surface area contributed by atoms with Gasteiger partial charge >= 0.3 is 5.97 Å². The van der Waals surface area contributed by atoms with Crippen molar-refractivity contribution in [1.29, 1.82) is 0 Å². The van der Waals surface area contributed by atoms with Gasteiger partial charge < -0.3 is 9.47 Å². The fourth-order valence-electron chi connectivity index (χ4n) is 3.89. The number of hydrogen-bond donors (Lipinski definition) is 0. The molecule has 6 nitrogen and oxygen atoms in total. The van der Waals surface area contributed by atoms with Crippen molar-refractivity contribution in [2.45, 2.75) is 19.4 Å². The molecule has 2 heterocycles. The molecular weight excluding hydrogens is 354 g/mol.